The normalized spacial score (nSPS) is 19.8. The minimum absolute atomic E-state index is 0.0714. The highest BCUT2D eigenvalue weighted by atomic mass is 32.2. The van der Waals surface area contributed by atoms with Crippen molar-refractivity contribution in [3.63, 3.8) is 0 Å². The van der Waals surface area contributed by atoms with Gasteiger partial charge in [0.25, 0.3) is 0 Å². The molecule has 0 saturated heterocycles. The monoisotopic (exact) mass is 250 g/mol. The molecule has 88 valence electrons. The van der Waals surface area contributed by atoms with Crippen molar-refractivity contribution in [1.29, 1.82) is 0 Å². The Hall–Kier alpha value is -1.88. The molecule has 2 rings (SSSR count). The van der Waals surface area contributed by atoms with E-state index in [2.05, 4.69) is 4.74 Å². The number of carbonyl (C=O) groups is 1. The number of ether oxygens (including phenoxy) is 1. The Bertz CT molecular complexity index is 624. The molecule has 0 radical (unpaired) electrons. The van der Waals surface area contributed by atoms with Crippen LogP contribution >= 0.6 is 0 Å². The van der Waals surface area contributed by atoms with Gasteiger partial charge in [-0.1, -0.05) is 12.1 Å². The van der Waals surface area contributed by atoms with E-state index in [4.69, 9.17) is 0 Å². The maximum absolute atomic E-state index is 12.0. The summed E-state index contributed by atoms with van der Waals surface area (Å²) in [6, 6.07) is 6.18. The van der Waals surface area contributed by atoms with Crippen LogP contribution in [0.15, 0.2) is 52.5 Å². The second-order valence-corrected chi connectivity index (χ2v) is 5.31. The molecule has 1 heterocycles. The first-order valence-electron chi connectivity index (χ1n) is 4.87. The SMILES string of the molecule is CO/C=C/C=C1/C(=O)c2ccccc2S1(=O)=O. The molecule has 0 spiro atoms. The van der Waals surface area contributed by atoms with Crippen molar-refractivity contribution < 1.29 is 17.9 Å². The molecule has 0 unspecified atom stereocenters. The molecule has 5 heteroatoms. The van der Waals surface area contributed by atoms with Gasteiger partial charge >= 0.3 is 0 Å². The van der Waals surface area contributed by atoms with Gasteiger partial charge in [0.05, 0.1) is 18.3 Å². The van der Waals surface area contributed by atoms with Gasteiger partial charge in [-0.3, -0.25) is 4.79 Å². The van der Waals surface area contributed by atoms with Crippen molar-refractivity contribution in [3.8, 4) is 0 Å². The van der Waals surface area contributed by atoms with Crippen molar-refractivity contribution in [2.45, 2.75) is 4.90 Å². The predicted octanol–water partition coefficient (Wildman–Crippen LogP) is 1.70. The lowest BCUT2D eigenvalue weighted by Crippen LogP contribution is -2.01. The Balaban J connectivity index is 2.59. The Morgan fingerprint density at radius 2 is 1.94 bits per heavy atom. The first-order chi connectivity index (χ1) is 8.09. The second-order valence-electron chi connectivity index (χ2n) is 3.42. The molecule has 4 nitrogen and oxygen atoms in total. The van der Waals surface area contributed by atoms with E-state index in [1.54, 1.807) is 12.1 Å². The molecule has 17 heavy (non-hydrogen) atoms. The Labute approximate surface area is 99.1 Å². The van der Waals surface area contributed by atoms with Crippen LogP contribution in [0.5, 0.6) is 0 Å². The van der Waals surface area contributed by atoms with E-state index in [-0.39, 0.29) is 15.4 Å². The van der Waals surface area contributed by atoms with Crippen LogP contribution in [0.25, 0.3) is 0 Å². The third-order valence-corrected chi connectivity index (χ3v) is 4.23. The summed E-state index contributed by atoms with van der Waals surface area (Å²) in [6.45, 7) is 0. The van der Waals surface area contributed by atoms with E-state index in [9.17, 15) is 13.2 Å². The zero-order chi connectivity index (χ0) is 12.5. The summed E-state index contributed by atoms with van der Waals surface area (Å²) < 4.78 is 28.7. The number of allylic oxidation sites excluding steroid dienone is 3. The van der Waals surface area contributed by atoms with Crippen molar-refractivity contribution in [2.24, 2.45) is 0 Å². The van der Waals surface area contributed by atoms with Crippen LogP contribution in [0.1, 0.15) is 10.4 Å². The number of benzene rings is 1. The third-order valence-electron chi connectivity index (χ3n) is 2.40. The summed E-state index contributed by atoms with van der Waals surface area (Å²) in [6.07, 6.45) is 3.94. The van der Waals surface area contributed by atoms with Crippen LogP contribution in [0.3, 0.4) is 0 Å². The average molecular weight is 250 g/mol. The fourth-order valence-corrected chi connectivity index (χ4v) is 3.19. The lowest BCUT2D eigenvalue weighted by atomic mass is 10.1. The maximum Gasteiger partial charge on any atom is 0.211 e. The molecule has 0 aromatic heterocycles. The van der Waals surface area contributed by atoms with Crippen LogP contribution in [0.4, 0.5) is 0 Å². The fourth-order valence-electron chi connectivity index (χ4n) is 1.63. The number of sulfone groups is 1. The number of fused-ring (bicyclic) bond motifs is 1. The molecular weight excluding hydrogens is 240 g/mol. The summed E-state index contributed by atoms with van der Waals surface area (Å²) in [5.74, 6) is -0.471. The fraction of sp³-hybridized carbons (Fsp3) is 0.0833. The van der Waals surface area contributed by atoms with Gasteiger partial charge in [0.15, 0.2) is 0 Å². The van der Waals surface area contributed by atoms with E-state index in [1.165, 1.54) is 37.7 Å². The van der Waals surface area contributed by atoms with E-state index >= 15 is 0 Å². The zero-order valence-corrected chi connectivity index (χ0v) is 9.90. The van der Waals surface area contributed by atoms with E-state index in [0.717, 1.165) is 0 Å². The van der Waals surface area contributed by atoms with Crippen LogP contribution in [0.2, 0.25) is 0 Å². The number of methoxy groups -OCH3 is 1. The quantitative estimate of drug-likeness (QED) is 0.592. The summed E-state index contributed by atoms with van der Waals surface area (Å²) in [5, 5.41) is 0. The van der Waals surface area contributed by atoms with Crippen LogP contribution in [-0.2, 0) is 14.6 Å². The number of ketones is 1. The van der Waals surface area contributed by atoms with E-state index in [0.29, 0.717) is 0 Å². The van der Waals surface area contributed by atoms with E-state index < -0.39 is 15.6 Å². The van der Waals surface area contributed by atoms with Crippen LogP contribution in [-0.4, -0.2) is 21.3 Å². The molecule has 1 aliphatic rings. The minimum Gasteiger partial charge on any atom is -0.504 e. The number of hydrogen-bond acceptors (Lipinski definition) is 4. The lowest BCUT2D eigenvalue weighted by molar-refractivity contribution is 0.104. The van der Waals surface area contributed by atoms with Crippen molar-refractivity contribution in [3.05, 3.63) is 53.1 Å². The van der Waals surface area contributed by atoms with Gasteiger partial charge in [-0.15, -0.1) is 0 Å². The molecule has 0 aliphatic carbocycles. The maximum atomic E-state index is 12.0. The van der Waals surface area contributed by atoms with Crippen molar-refractivity contribution >= 4 is 15.6 Å². The number of carbonyl (C=O) groups excluding carboxylic acids is 1. The number of Topliss-reactive ketones (excluding diaryl/α,β-unsaturated/α-hetero) is 1. The van der Waals surface area contributed by atoms with Gasteiger partial charge in [-0.05, 0) is 24.3 Å². The topological polar surface area (TPSA) is 60.4 Å². The molecule has 1 aromatic rings. The van der Waals surface area contributed by atoms with Gasteiger partial charge in [0.2, 0.25) is 15.6 Å². The largest absolute Gasteiger partial charge is 0.504 e. The molecule has 1 aromatic carbocycles. The van der Waals surface area contributed by atoms with Gasteiger partial charge in [0.1, 0.15) is 4.91 Å². The average Bonchev–Trinajstić information content (AvgIpc) is 2.51. The standard InChI is InChI=1S/C12H10O4S/c1-16-8-4-7-11-12(13)9-5-2-3-6-10(9)17(11,14)15/h2-8H,1H3/b8-4+,11-7-. The van der Waals surface area contributed by atoms with Gasteiger partial charge in [-0.2, -0.15) is 0 Å². The van der Waals surface area contributed by atoms with Gasteiger partial charge in [-0.25, -0.2) is 8.42 Å². The Morgan fingerprint density at radius 3 is 2.59 bits per heavy atom. The second kappa shape index (κ2) is 4.18. The molecule has 0 bridgehead atoms. The highest BCUT2D eigenvalue weighted by molar-refractivity contribution is 7.97. The summed E-state index contributed by atoms with van der Waals surface area (Å²) >= 11 is 0. The van der Waals surface area contributed by atoms with Gasteiger partial charge < -0.3 is 4.74 Å². The molecule has 0 fully saturated rings. The van der Waals surface area contributed by atoms with Crippen molar-refractivity contribution in [2.75, 3.05) is 7.11 Å². The molecule has 0 N–H and O–H groups in total. The summed E-state index contributed by atoms with van der Waals surface area (Å²) in [7, 11) is -2.23. The predicted molar refractivity (Wildman–Crippen MR) is 62.2 cm³/mol. The molecule has 0 amide bonds. The summed E-state index contributed by atoms with van der Waals surface area (Å²) in [5.41, 5.74) is 0.226. The van der Waals surface area contributed by atoms with Crippen LogP contribution < -0.4 is 0 Å². The first kappa shape index (κ1) is 11.6. The highest BCUT2D eigenvalue weighted by Gasteiger charge is 2.38. The highest BCUT2D eigenvalue weighted by Crippen LogP contribution is 2.33. The smallest absolute Gasteiger partial charge is 0.211 e. The number of rotatable bonds is 2. The number of hydrogen-bond donors (Lipinski definition) is 0. The minimum atomic E-state index is -3.67. The zero-order valence-electron chi connectivity index (χ0n) is 9.08. The molecule has 0 atom stereocenters. The summed E-state index contributed by atoms with van der Waals surface area (Å²) in [4.78, 5) is 11.7. The Morgan fingerprint density at radius 1 is 1.24 bits per heavy atom. The molecular formula is C12H10O4S. The van der Waals surface area contributed by atoms with Gasteiger partial charge in [0, 0.05) is 5.56 Å². The van der Waals surface area contributed by atoms with Crippen molar-refractivity contribution in [1.82, 2.24) is 0 Å². The van der Waals surface area contributed by atoms with E-state index in [1.807, 2.05) is 0 Å². The Kier molecular flexibility index (Phi) is 2.85. The van der Waals surface area contributed by atoms with Crippen LogP contribution in [0, 0.1) is 0 Å². The lowest BCUT2D eigenvalue weighted by Gasteiger charge is -1.94. The molecule has 0 saturated carbocycles. The third kappa shape index (κ3) is 1.78. The first-order valence-corrected chi connectivity index (χ1v) is 6.36. The molecule has 1 aliphatic heterocycles.